The summed E-state index contributed by atoms with van der Waals surface area (Å²) in [5.41, 5.74) is 1.17. The molecule has 2 radical (unpaired) electrons. The van der Waals surface area contributed by atoms with Gasteiger partial charge in [0, 0.05) is 11.9 Å². The zero-order valence-electron chi connectivity index (χ0n) is 7.54. The first-order valence-electron chi connectivity index (χ1n) is 4.05. The topological polar surface area (TPSA) is 12.4 Å². The van der Waals surface area contributed by atoms with Crippen molar-refractivity contribution < 1.29 is 0 Å². The summed E-state index contributed by atoms with van der Waals surface area (Å²) in [6.45, 7) is 4.07. The summed E-state index contributed by atoms with van der Waals surface area (Å²) in [7, 11) is 0.810. The van der Waals surface area contributed by atoms with Crippen molar-refractivity contribution in [3.05, 3.63) is 30.3 Å². The van der Waals surface area contributed by atoms with Gasteiger partial charge in [-0.2, -0.15) is 0 Å². The van der Waals surface area contributed by atoms with E-state index in [4.69, 9.17) is 0 Å². The van der Waals surface area contributed by atoms with E-state index < -0.39 is 0 Å². The van der Waals surface area contributed by atoms with Gasteiger partial charge in [0.05, 0.1) is 0 Å². The van der Waals surface area contributed by atoms with Crippen LogP contribution in [0.5, 0.6) is 0 Å². The van der Waals surface area contributed by atoms with Crippen LogP contribution in [-0.2, 0) is 0 Å². The van der Waals surface area contributed by atoms with Crippen molar-refractivity contribution in [1.82, 2.24) is 0 Å². The highest BCUT2D eigenvalue weighted by molar-refractivity contribution is 6.53. The Morgan fingerprint density at radius 2 is 1.92 bits per heavy atom. The van der Waals surface area contributed by atoms with E-state index in [0.717, 1.165) is 15.7 Å². The minimum atomic E-state index is 0.810. The van der Waals surface area contributed by atoms with E-state index in [1.165, 1.54) is 10.9 Å². The average Bonchev–Trinajstić information content (AvgIpc) is 2.05. The summed E-state index contributed by atoms with van der Waals surface area (Å²) >= 11 is 0. The Bertz CT molecular complexity index is 250. The summed E-state index contributed by atoms with van der Waals surface area (Å²) in [6.07, 6.45) is 0.937. The molecule has 1 rings (SSSR count). The third-order valence-corrected chi connectivity index (χ3v) is 2.51. The quantitative estimate of drug-likeness (QED) is 0.487. The van der Waals surface area contributed by atoms with Crippen LogP contribution in [0.15, 0.2) is 35.3 Å². The highest BCUT2D eigenvalue weighted by Crippen LogP contribution is 1.82. The van der Waals surface area contributed by atoms with E-state index in [1.54, 1.807) is 0 Å². The van der Waals surface area contributed by atoms with Crippen LogP contribution < -0.4 is 5.19 Å². The van der Waals surface area contributed by atoms with Gasteiger partial charge in [0.25, 0.3) is 0 Å². The monoisotopic (exact) mass is 175 g/mol. The number of nitrogens with zero attached hydrogens (tertiary/aromatic N) is 1. The first kappa shape index (κ1) is 9.20. The van der Waals surface area contributed by atoms with Crippen molar-refractivity contribution in [2.45, 2.75) is 13.8 Å². The molecule has 0 aliphatic rings. The lowest BCUT2D eigenvalue weighted by Crippen LogP contribution is -2.16. The van der Waals surface area contributed by atoms with Crippen molar-refractivity contribution in [3.63, 3.8) is 0 Å². The molecule has 0 aliphatic heterocycles. The Balaban J connectivity index is 2.39. The number of hydrogen-bond donors (Lipinski definition) is 0. The van der Waals surface area contributed by atoms with Gasteiger partial charge in [0.1, 0.15) is 9.52 Å². The molecule has 0 N–H and O–H groups in total. The summed E-state index contributed by atoms with van der Waals surface area (Å²) < 4.78 is 0. The van der Waals surface area contributed by atoms with E-state index in [9.17, 15) is 0 Å². The van der Waals surface area contributed by atoms with Gasteiger partial charge in [-0.05, 0) is 13.8 Å². The van der Waals surface area contributed by atoms with Gasteiger partial charge in [-0.1, -0.05) is 35.5 Å². The number of rotatable bonds is 3. The molecular formula is C10H13NSi. The van der Waals surface area contributed by atoms with Crippen molar-refractivity contribution in [3.8, 4) is 0 Å². The van der Waals surface area contributed by atoms with Gasteiger partial charge >= 0.3 is 0 Å². The average molecular weight is 175 g/mol. The van der Waals surface area contributed by atoms with Crippen LogP contribution in [0.25, 0.3) is 0 Å². The van der Waals surface area contributed by atoms with E-state index in [2.05, 4.69) is 29.3 Å². The molecule has 2 heteroatoms. The molecule has 0 spiro atoms. The molecule has 1 aromatic carbocycles. The standard InChI is InChI=1S/C10H13NSi/c1-9(2)11-8-12-10-6-4-3-5-7-10/h3-7H,8H2,1-2H3. The Labute approximate surface area is 76.4 Å². The second-order valence-electron chi connectivity index (χ2n) is 2.81. The van der Waals surface area contributed by atoms with Gasteiger partial charge in [-0.3, -0.25) is 4.99 Å². The van der Waals surface area contributed by atoms with Crippen LogP contribution in [0.3, 0.4) is 0 Å². The maximum atomic E-state index is 4.35. The molecule has 0 atom stereocenters. The SMILES string of the molecule is CC(C)=NC[Si]c1ccccc1. The molecule has 62 valence electrons. The largest absolute Gasteiger partial charge is 0.298 e. The van der Waals surface area contributed by atoms with Gasteiger partial charge < -0.3 is 0 Å². The minimum Gasteiger partial charge on any atom is -0.298 e. The predicted molar refractivity (Wildman–Crippen MR) is 55.5 cm³/mol. The number of aliphatic imine (C=N–C) groups is 1. The van der Waals surface area contributed by atoms with Crippen molar-refractivity contribution >= 4 is 20.4 Å². The summed E-state index contributed by atoms with van der Waals surface area (Å²) in [5, 5.41) is 1.39. The van der Waals surface area contributed by atoms with E-state index in [-0.39, 0.29) is 0 Å². The molecular weight excluding hydrogens is 162 g/mol. The molecule has 12 heavy (non-hydrogen) atoms. The molecule has 0 heterocycles. The van der Waals surface area contributed by atoms with Crippen LogP contribution in [0.1, 0.15) is 13.8 Å². The van der Waals surface area contributed by atoms with Crippen LogP contribution in [0.2, 0.25) is 0 Å². The zero-order chi connectivity index (χ0) is 8.81. The molecule has 0 saturated heterocycles. The Morgan fingerprint density at radius 1 is 1.25 bits per heavy atom. The Kier molecular flexibility index (Phi) is 3.74. The molecule has 1 nitrogen and oxygen atoms in total. The molecule has 0 saturated carbocycles. The highest BCUT2D eigenvalue weighted by atomic mass is 28.2. The highest BCUT2D eigenvalue weighted by Gasteiger charge is 1.90. The third kappa shape index (κ3) is 3.48. The first-order chi connectivity index (χ1) is 5.79. The van der Waals surface area contributed by atoms with Crippen molar-refractivity contribution in [2.75, 3.05) is 6.17 Å². The summed E-state index contributed by atoms with van der Waals surface area (Å²) in [6, 6.07) is 10.5. The number of hydrogen-bond acceptors (Lipinski definition) is 1. The maximum absolute atomic E-state index is 4.35. The molecule has 0 fully saturated rings. The van der Waals surface area contributed by atoms with E-state index >= 15 is 0 Å². The first-order valence-corrected chi connectivity index (χ1v) is 5.26. The smallest absolute Gasteiger partial charge is 0.108 e. The molecule has 0 amide bonds. The van der Waals surface area contributed by atoms with Gasteiger partial charge in [-0.25, -0.2) is 0 Å². The fourth-order valence-corrected chi connectivity index (χ4v) is 1.85. The van der Waals surface area contributed by atoms with Crippen molar-refractivity contribution in [2.24, 2.45) is 4.99 Å². The molecule has 0 aromatic heterocycles. The lowest BCUT2D eigenvalue weighted by atomic mass is 10.4. The second kappa shape index (κ2) is 4.88. The lowest BCUT2D eigenvalue weighted by Gasteiger charge is -1.95. The Hall–Kier alpha value is -0.893. The van der Waals surface area contributed by atoms with E-state index in [1.807, 2.05) is 19.9 Å². The van der Waals surface area contributed by atoms with Crippen LogP contribution in [0, 0.1) is 0 Å². The molecule has 0 bridgehead atoms. The third-order valence-electron chi connectivity index (χ3n) is 1.45. The van der Waals surface area contributed by atoms with Crippen LogP contribution in [-0.4, -0.2) is 21.4 Å². The predicted octanol–water partition coefficient (Wildman–Crippen LogP) is 1.45. The van der Waals surface area contributed by atoms with Crippen LogP contribution >= 0.6 is 0 Å². The summed E-state index contributed by atoms with van der Waals surface area (Å²) in [5.74, 6) is 0. The van der Waals surface area contributed by atoms with Crippen LogP contribution in [0.4, 0.5) is 0 Å². The minimum absolute atomic E-state index is 0.810. The van der Waals surface area contributed by atoms with E-state index in [0.29, 0.717) is 0 Å². The fraction of sp³-hybridized carbons (Fsp3) is 0.300. The molecule has 0 aliphatic carbocycles. The van der Waals surface area contributed by atoms with Gasteiger partial charge in [-0.15, -0.1) is 0 Å². The fourth-order valence-electron chi connectivity index (χ4n) is 0.845. The maximum Gasteiger partial charge on any atom is 0.108 e. The Morgan fingerprint density at radius 3 is 2.50 bits per heavy atom. The van der Waals surface area contributed by atoms with Gasteiger partial charge in [0.15, 0.2) is 0 Å². The number of benzene rings is 1. The summed E-state index contributed by atoms with van der Waals surface area (Å²) in [4.78, 5) is 4.35. The zero-order valence-corrected chi connectivity index (χ0v) is 8.54. The molecule has 0 unspecified atom stereocenters. The normalized spacial score (nSPS) is 9.50. The second-order valence-corrected chi connectivity index (χ2v) is 4.05. The van der Waals surface area contributed by atoms with Gasteiger partial charge in [0.2, 0.25) is 0 Å². The lowest BCUT2D eigenvalue weighted by molar-refractivity contribution is 1.32. The molecule has 1 aromatic rings. The van der Waals surface area contributed by atoms with Crippen molar-refractivity contribution in [1.29, 1.82) is 0 Å².